The Morgan fingerprint density at radius 1 is 1.18 bits per heavy atom. The Morgan fingerprint density at radius 3 is 2.75 bits per heavy atom. The number of aryl methyl sites for hydroxylation is 1. The van der Waals surface area contributed by atoms with Gasteiger partial charge in [-0.25, -0.2) is 4.68 Å². The highest BCUT2D eigenvalue weighted by Crippen LogP contribution is 2.22. The average molecular weight is 394 g/mol. The van der Waals surface area contributed by atoms with Gasteiger partial charge in [0.25, 0.3) is 5.91 Å². The largest absolute Gasteiger partial charge is 0.451 e. The number of nitrogens with one attached hydrogen (secondary N) is 1. The maximum Gasteiger partial charge on any atom is 0.292 e. The molecule has 0 aliphatic carbocycles. The summed E-state index contributed by atoms with van der Waals surface area (Å²) in [6.07, 6.45) is 1.60. The zero-order chi connectivity index (χ0) is 19.7. The standard InChI is InChI=1S/C21H16ClN3O3/c1-13-9-18-15(10-16(13)22)17(26)11-19(28-18)21(27)24-20-7-8-23-25(20)12-14-5-3-2-4-6-14/h2-11H,12H2,1H3,(H,24,27). The van der Waals surface area contributed by atoms with Gasteiger partial charge in [-0.3, -0.25) is 9.59 Å². The van der Waals surface area contributed by atoms with Gasteiger partial charge in [0.2, 0.25) is 0 Å². The van der Waals surface area contributed by atoms with Crippen molar-refractivity contribution in [3.8, 4) is 0 Å². The van der Waals surface area contributed by atoms with Gasteiger partial charge in [0, 0.05) is 17.2 Å². The first-order chi connectivity index (χ1) is 13.5. The third-order valence-electron chi connectivity index (χ3n) is 4.37. The Hall–Kier alpha value is -3.38. The molecule has 1 N–H and O–H groups in total. The summed E-state index contributed by atoms with van der Waals surface area (Å²) in [6.45, 7) is 2.31. The molecule has 0 saturated carbocycles. The number of carbonyl (C=O) groups is 1. The van der Waals surface area contributed by atoms with Gasteiger partial charge in [-0.05, 0) is 30.2 Å². The molecule has 4 aromatic rings. The third kappa shape index (κ3) is 3.54. The maximum atomic E-state index is 12.7. The van der Waals surface area contributed by atoms with Crippen molar-refractivity contribution in [2.24, 2.45) is 0 Å². The summed E-state index contributed by atoms with van der Waals surface area (Å²) in [6, 6.07) is 15.8. The van der Waals surface area contributed by atoms with E-state index in [2.05, 4.69) is 10.4 Å². The molecule has 0 fully saturated rings. The lowest BCUT2D eigenvalue weighted by molar-refractivity contribution is 0.0996. The highest BCUT2D eigenvalue weighted by molar-refractivity contribution is 6.32. The Morgan fingerprint density at radius 2 is 1.96 bits per heavy atom. The van der Waals surface area contributed by atoms with Crippen LogP contribution in [0.15, 0.2) is 70.0 Å². The predicted octanol–water partition coefficient (Wildman–Crippen LogP) is 4.25. The van der Waals surface area contributed by atoms with Crippen LogP contribution in [-0.4, -0.2) is 15.7 Å². The quantitative estimate of drug-likeness (QED) is 0.562. The minimum absolute atomic E-state index is 0.0771. The zero-order valence-electron chi connectivity index (χ0n) is 15.0. The number of amides is 1. The number of rotatable bonds is 4. The molecule has 2 aromatic heterocycles. The monoisotopic (exact) mass is 393 g/mol. The van der Waals surface area contributed by atoms with Gasteiger partial charge in [0.05, 0.1) is 18.1 Å². The molecule has 140 valence electrons. The lowest BCUT2D eigenvalue weighted by atomic mass is 10.1. The number of anilines is 1. The fourth-order valence-corrected chi connectivity index (χ4v) is 3.05. The number of fused-ring (bicyclic) bond motifs is 1. The van der Waals surface area contributed by atoms with Gasteiger partial charge in [-0.1, -0.05) is 41.9 Å². The molecule has 28 heavy (non-hydrogen) atoms. The molecule has 0 saturated heterocycles. The Bertz CT molecular complexity index is 1230. The number of carbonyl (C=O) groups excluding carboxylic acids is 1. The van der Waals surface area contributed by atoms with Gasteiger partial charge < -0.3 is 9.73 Å². The van der Waals surface area contributed by atoms with E-state index in [1.807, 2.05) is 30.3 Å². The highest BCUT2D eigenvalue weighted by Gasteiger charge is 2.15. The maximum absolute atomic E-state index is 12.7. The smallest absolute Gasteiger partial charge is 0.292 e. The van der Waals surface area contributed by atoms with Crippen LogP contribution < -0.4 is 10.7 Å². The van der Waals surface area contributed by atoms with Crippen LogP contribution in [0.5, 0.6) is 0 Å². The normalized spacial score (nSPS) is 10.9. The number of aromatic nitrogens is 2. The van der Waals surface area contributed by atoms with Crippen LogP contribution in [0, 0.1) is 6.92 Å². The lowest BCUT2D eigenvalue weighted by Gasteiger charge is -2.09. The van der Waals surface area contributed by atoms with E-state index in [1.165, 1.54) is 6.07 Å². The van der Waals surface area contributed by atoms with Crippen LogP contribution in [0.4, 0.5) is 5.82 Å². The van der Waals surface area contributed by atoms with Crippen LogP contribution in [0.2, 0.25) is 5.02 Å². The Kier molecular flexibility index (Phi) is 4.71. The molecule has 0 spiro atoms. The number of halogens is 1. The molecule has 0 unspecified atom stereocenters. The zero-order valence-corrected chi connectivity index (χ0v) is 15.7. The lowest BCUT2D eigenvalue weighted by Crippen LogP contribution is -2.18. The molecule has 1 amide bonds. The van der Waals surface area contributed by atoms with E-state index in [4.69, 9.17) is 16.0 Å². The summed E-state index contributed by atoms with van der Waals surface area (Å²) in [5.41, 5.74) is 1.80. The van der Waals surface area contributed by atoms with Crippen molar-refractivity contribution in [1.82, 2.24) is 9.78 Å². The second kappa shape index (κ2) is 7.32. The van der Waals surface area contributed by atoms with Gasteiger partial charge >= 0.3 is 0 Å². The van der Waals surface area contributed by atoms with Crippen molar-refractivity contribution in [3.63, 3.8) is 0 Å². The molecule has 0 bridgehead atoms. The summed E-state index contributed by atoms with van der Waals surface area (Å²) in [7, 11) is 0. The summed E-state index contributed by atoms with van der Waals surface area (Å²) in [5.74, 6) is -0.100. The SMILES string of the molecule is Cc1cc2oc(C(=O)Nc3ccnn3Cc3ccccc3)cc(=O)c2cc1Cl. The van der Waals surface area contributed by atoms with Crippen molar-refractivity contribution in [3.05, 3.63) is 92.9 Å². The van der Waals surface area contributed by atoms with Crippen molar-refractivity contribution < 1.29 is 9.21 Å². The van der Waals surface area contributed by atoms with Crippen LogP contribution >= 0.6 is 11.6 Å². The van der Waals surface area contributed by atoms with Gasteiger partial charge in [-0.15, -0.1) is 0 Å². The second-order valence-corrected chi connectivity index (χ2v) is 6.79. The molecule has 0 aliphatic rings. The molecule has 0 aliphatic heterocycles. The van der Waals surface area contributed by atoms with Crippen LogP contribution in [-0.2, 0) is 6.54 Å². The first kappa shape index (κ1) is 18.0. The van der Waals surface area contributed by atoms with E-state index in [-0.39, 0.29) is 11.2 Å². The molecule has 4 rings (SSSR count). The topological polar surface area (TPSA) is 77.1 Å². The fourth-order valence-electron chi connectivity index (χ4n) is 2.89. The average Bonchev–Trinajstić information content (AvgIpc) is 3.10. The summed E-state index contributed by atoms with van der Waals surface area (Å²) in [4.78, 5) is 25.0. The first-order valence-corrected chi connectivity index (χ1v) is 9.00. The molecule has 0 atom stereocenters. The summed E-state index contributed by atoms with van der Waals surface area (Å²) < 4.78 is 7.31. The molecular formula is C21H16ClN3O3. The highest BCUT2D eigenvalue weighted by atomic mass is 35.5. The second-order valence-electron chi connectivity index (χ2n) is 6.39. The van der Waals surface area contributed by atoms with Gasteiger partial charge in [0.1, 0.15) is 11.4 Å². The minimum Gasteiger partial charge on any atom is -0.451 e. The van der Waals surface area contributed by atoms with Crippen LogP contribution in [0.25, 0.3) is 11.0 Å². The van der Waals surface area contributed by atoms with E-state index in [9.17, 15) is 9.59 Å². The Balaban J connectivity index is 1.62. The number of hydrogen-bond donors (Lipinski definition) is 1. The number of benzene rings is 2. The molecule has 2 heterocycles. The van der Waals surface area contributed by atoms with Crippen molar-refractivity contribution in [2.45, 2.75) is 13.5 Å². The predicted molar refractivity (Wildman–Crippen MR) is 108 cm³/mol. The van der Waals surface area contributed by atoms with Gasteiger partial charge in [0.15, 0.2) is 11.2 Å². The molecular weight excluding hydrogens is 378 g/mol. The van der Waals surface area contributed by atoms with Gasteiger partial charge in [-0.2, -0.15) is 5.10 Å². The van der Waals surface area contributed by atoms with Crippen molar-refractivity contribution in [2.75, 3.05) is 5.32 Å². The van der Waals surface area contributed by atoms with E-state index in [1.54, 1.807) is 36.0 Å². The van der Waals surface area contributed by atoms with Crippen molar-refractivity contribution >= 4 is 34.3 Å². The summed E-state index contributed by atoms with van der Waals surface area (Å²) in [5, 5.41) is 7.80. The van der Waals surface area contributed by atoms with E-state index < -0.39 is 5.91 Å². The Labute approximate surface area is 165 Å². The summed E-state index contributed by atoms with van der Waals surface area (Å²) >= 11 is 6.07. The van der Waals surface area contributed by atoms with Crippen LogP contribution in [0.3, 0.4) is 0 Å². The first-order valence-electron chi connectivity index (χ1n) is 8.62. The molecule has 2 aromatic carbocycles. The van der Waals surface area contributed by atoms with E-state index in [0.29, 0.717) is 28.4 Å². The molecule has 7 heteroatoms. The number of hydrogen-bond acceptors (Lipinski definition) is 4. The third-order valence-corrected chi connectivity index (χ3v) is 4.77. The fraction of sp³-hybridized carbons (Fsp3) is 0.0952. The molecule has 0 radical (unpaired) electrons. The number of nitrogens with zero attached hydrogens (tertiary/aromatic N) is 2. The minimum atomic E-state index is -0.526. The van der Waals surface area contributed by atoms with E-state index in [0.717, 1.165) is 11.1 Å². The van der Waals surface area contributed by atoms with Crippen molar-refractivity contribution in [1.29, 1.82) is 0 Å². The van der Waals surface area contributed by atoms with Crippen LogP contribution in [0.1, 0.15) is 21.7 Å². The van der Waals surface area contributed by atoms with E-state index >= 15 is 0 Å². The molecule has 6 nitrogen and oxygen atoms in total.